The molecule has 0 unspecified atom stereocenters. The zero-order valence-electron chi connectivity index (χ0n) is 11.1. The highest BCUT2D eigenvalue weighted by molar-refractivity contribution is 9.10. The average molecular weight is 397 g/mol. The first-order chi connectivity index (χ1) is 9.61. The van der Waals surface area contributed by atoms with Crippen molar-refractivity contribution < 1.29 is 4.79 Å². The summed E-state index contributed by atoms with van der Waals surface area (Å²) in [6, 6.07) is 15.6. The van der Waals surface area contributed by atoms with E-state index in [-0.39, 0.29) is 5.91 Å². The van der Waals surface area contributed by atoms with Crippen LogP contribution in [-0.2, 0) is 4.79 Å². The van der Waals surface area contributed by atoms with Crippen LogP contribution in [0.4, 0.5) is 11.4 Å². The molecule has 20 heavy (non-hydrogen) atoms. The summed E-state index contributed by atoms with van der Waals surface area (Å²) >= 11 is 6.84. The molecule has 0 bridgehead atoms. The predicted octanol–water partition coefficient (Wildman–Crippen LogP) is 5.68. The molecule has 0 heterocycles. The zero-order chi connectivity index (χ0) is 14.5. The Labute approximate surface area is 136 Å². The van der Waals surface area contributed by atoms with Gasteiger partial charge in [0.2, 0.25) is 5.91 Å². The summed E-state index contributed by atoms with van der Waals surface area (Å²) in [4.78, 5) is 14.2. The molecule has 0 saturated carbocycles. The Hall–Kier alpha value is -1.13. The topological polar surface area (TPSA) is 20.3 Å². The third kappa shape index (κ3) is 3.70. The van der Waals surface area contributed by atoms with Gasteiger partial charge in [-0.1, -0.05) is 38.8 Å². The highest BCUT2D eigenvalue weighted by Gasteiger charge is 2.16. The minimum atomic E-state index is 0.108. The van der Waals surface area contributed by atoms with Gasteiger partial charge in [0.05, 0.1) is 0 Å². The Morgan fingerprint density at radius 1 is 0.900 bits per heavy atom. The van der Waals surface area contributed by atoms with Gasteiger partial charge >= 0.3 is 0 Å². The molecule has 0 N–H and O–H groups in total. The second kappa shape index (κ2) is 7.04. The van der Waals surface area contributed by atoms with Crippen LogP contribution in [0.15, 0.2) is 57.5 Å². The van der Waals surface area contributed by atoms with Crippen molar-refractivity contribution in [2.24, 2.45) is 0 Å². The van der Waals surface area contributed by atoms with E-state index < -0.39 is 0 Å². The fraction of sp³-hybridized carbons (Fsp3) is 0.188. The van der Waals surface area contributed by atoms with Crippen LogP contribution in [0, 0.1) is 0 Å². The van der Waals surface area contributed by atoms with Gasteiger partial charge in [0, 0.05) is 26.7 Å². The van der Waals surface area contributed by atoms with Crippen LogP contribution in [0.25, 0.3) is 0 Å². The summed E-state index contributed by atoms with van der Waals surface area (Å²) in [5.74, 6) is 0.108. The van der Waals surface area contributed by atoms with Gasteiger partial charge in [-0.05, 0) is 55.0 Å². The van der Waals surface area contributed by atoms with Gasteiger partial charge in [-0.25, -0.2) is 0 Å². The Morgan fingerprint density at radius 3 is 1.65 bits per heavy atom. The molecular weight excluding hydrogens is 382 g/mol. The van der Waals surface area contributed by atoms with Gasteiger partial charge in [0.15, 0.2) is 0 Å². The van der Waals surface area contributed by atoms with Crippen molar-refractivity contribution in [3.05, 3.63) is 57.5 Å². The Bertz CT molecular complexity index is 533. The molecule has 0 spiro atoms. The second-order valence-electron chi connectivity index (χ2n) is 4.43. The van der Waals surface area contributed by atoms with Crippen molar-refractivity contribution in [1.29, 1.82) is 0 Å². The number of halogens is 2. The molecule has 2 nitrogen and oxygen atoms in total. The largest absolute Gasteiger partial charge is 0.281 e. The molecule has 2 aromatic rings. The minimum absolute atomic E-state index is 0.108. The molecule has 0 atom stereocenters. The molecule has 0 aliphatic rings. The van der Waals surface area contributed by atoms with Gasteiger partial charge < -0.3 is 0 Å². The number of hydrogen-bond acceptors (Lipinski definition) is 1. The van der Waals surface area contributed by atoms with E-state index in [1.807, 2.05) is 55.5 Å². The molecule has 0 saturated heterocycles. The van der Waals surface area contributed by atoms with E-state index >= 15 is 0 Å². The maximum Gasteiger partial charge on any atom is 0.231 e. The second-order valence-corrected chi connectivity index (χ2v) is 6.26. The average Bonchev–Trinajstić information content (AvgIpc) is 2.44. The van der Waals surface area contributed by atoms with Crippen molar-refractivity contribution in [2.75, 3.05) is 4.90 Å². The van der Waals surface area contributed by atoms with Crippen LogP contribution in [0.1, 0.15) is 19.8 Å². The van der Waals surface area contributed by atoms with E-state index in [4.69, 9.17) is 0 Å². The van der Waals surface area contributed by atoms with E-state index in [0.717, 1.165) is 26.7 Å². The maximum atomic E-state index is 12.4. The molecule has 0 aliphatic carbocycles. The first-order valence-electron chi connectivity index (χ1n) is 6.46. The smallest absolute Gasteiger partial charge is 0.231 e. The lowest BCUT2D eigenvalue weighted by molar-refractivity contribution is -0.117. The molecule has 4 heteroatoms. The highest BCUT2D eigenvalue weighted by Crippen LogP contribution is 2.29. The number of carbonyl (C=O) groups excluding carboxylic acids is 1. The Kier molecular flexibility index (Phi) is 5.38. The van der Waals surface area contributed by atoms with Crippen molar-refractivity contribution >= 4 is 49.1 Å². The lowest BCUT2D eigenvalue weighted by Gasteiger charge is -2.23. The molecule has 0 radical (unpaired) electrons. The van der Waals surface area contributed by atoms with E-state index in [9.17, 15) is 4.79 Å². The minimum Gasteiger partial charge on any atom is -0.281 e. The van der Waals surface area contributed by atoms with E-state index in [2.05, 4.69) is 31.9 Å². The molecule has 2 rings (SSSR count). The van der Waals surface area contributed by atoms with Gasteiger partial charge in [-0.15, -0.1) is 0 Å². The molecule has 0 fully saturated rings. The molecule has 104 valence electrons. The lowest BCUT2D eigenvalue weighted by Crippen LogP contribution is -2.25. The summed E-state index contributed by atoms with van der Waals surface area (Å²) in [5, 5.41) is 0. The standard InChI is InChI=1S/C16H15Br2NO/c1-2-3-16(20)19(14-8-4-12(17)5-9-14)15-10-6-13(18)7-11-15/h4-11H,2-3H2,1H3. The van der Waals surface area contributed by atoms with Crippen LogP contribution in [0.2, 0.25) is 0 Å². The van der Waals surface area contributed by atoms with Crippen molar-refractivity contribution in [3.8, 4) is 0 Å². The summed E-state index contributed by atoms with van der Waals surface area (Å²) in [6.45, 7) is 2.01. The molecule has 0 aromatic heterocycles. The number of rotatable bonds is 4. The van der Waals surface area contributed by atoms with Gasteiger partial charge in [-0.2, -0.15) is 0 Å². The van der Waals surface area contributed by atoms with E-state index in [1.54, 1.807) is 4.90 Å². The maximum absolute atomic E-state index is 12.4. The first-order valence-corrected chi connectivity index (χ1v) is 8.04. The van der Waals surface area contributed by atoms with E-state index in [0.29, 0.717) is 6.42 Å². The number of hydrogen-bond donors (Lipinski definition) is 0. The van der Waals surface area contributed by atoms with Crippen LogP contribution in [0.5, 0.6) is 0 Å². The third-order valence-corrected chi connectivity index (χ3v) is 3.94. The zero-order valence-corrected chi connectivity index (χ0v) is 14.3. The Morgan fingerprint density at radius 2 is 1.30 bits per heavy atom. The predicted molar refractivity (Wildman–Crippen MR) is 90.3 cm³/mol. The lowest BCUT2D eigenvalue weighted by atomic mass is 10.2. The number of carbonyl (C=O) groups is 1. The summed E-state index contributed by atoms with van der Waals surface area (Å²) in [6.07, 6.45) is 1.37. The van der Waals surface area contributed by atoms with Crippen molar-refractivity contribution in [2.45, 2.75) is 19.8 Å². The van der Waals surface area contributed by atoms with Crippen LogP contribution in [0.3, 0.4) is 0 Å². The number of amides is 1. The Balaban J connectivity index is 2.41. The monoisotopic (exact) mass is 395 g/mol. The van der Waals surface area contributed by atoms with Gasteiger partial charge in [0.25, 0.3) is 0 Å². The first kappa shape index (κ1) is 15.3. The molecule has 0 aliphatic heterocycles. The van der Waals surface area contributed by atoms with Crippen LogP contribution < -0.4 is 4.90 Å². The molecule has 1 amide bonds. The normalized spacial score (nSPS) is 10.3. The quantitative estimate of drug-likeness (QED) is 0.651. The van der Waals surface area contributed by atoms with Crippen molar-refractivity contribution in [1.82, 2.24) is 0 Å². The molecular formula is C16H15Br2NO. The number of benzene rings is 2. The molecule has 2 aromatic carbocycles. The third-order valence-electron chi connectivity index (χ3n) is 2.88. The fourth-order valence-corrected chi connectivity index (χ4v) is 2.47. The van der Waals surface area contributed by atoms with Gasteiger partial charge in [-0.3, -0.25) is 9.69 Å². The van der Waals surface area contributed by atoms with E-state index in [1.165, 1.54) is 0 Å². The number of anilines is 2. The fourth-order valence-electron chi connectivity index (χ4n) is 1.94. The van der Waals surface area contributed by atoms with Crippen molar-refractivity contribution in [3.63, 3.8) is 0 Å². The summed E-state index contributed by atoms with van der Waals surface area (Å²) in [7, 11) is 0. The highest BCUT2D eigenvalue weighted by atomic mass is 79.9. The summed E-state index contributed by atoms with van der Waals surface area (Å²) in [5.41, 5.74) is 1.77. The van der Waals surface area contributed by atoms with Crippen LogP contribution >= 0.6 is 31.9 Å². The number of nitrogens with zero attached hydrogens (tertiary/aromatic N) is 1. The summed E-state index contributed by atoms with van der Waals surface area (Å²) < 4.78 is 2.00. The SMILES string of the molecule is CCCC(=O)N(c1ccc(Br)cc1)c1ccc(Br)cc1. The van der Waals surface area contributed by atoms with Gasteiger partial charge in [0.1, 0.15) is 0 Å². The van der Waals surface area contributed by atoms with Crippen LogP contribution in [-0.4, -0.2) is 5.91 Å².